The highest BCUT2D eigenvalue weighted by molar-refractivity contribution is 7.99. The second kappa shape index (κ2) is 5.19. The number of hydrogen-bond acceptors (Lipinski definition) is 2. The van der Waals surface area contributed by atoms with Gasteiger partial charge in [-0.25, -0.2) is 0 Å². The number of carbonyl (C=O) groups is 1. The molecule has 0 amide bonds. The number of rotatable bonds is 3. The fraction of sp³-hybridized carbons (Fsp3) is 0. The first-order valence-electron chi connectivity index (χ1n) is 4.76. The molecule has 0 saturated carbocycles. The molecular weight excluding hydrogens is 240 g/mol. The minimum absolute atomic E-state index is 0.690. The van der Waals surface area contributed by atoms with Gasteiger partial charge >= 0.3 is 0 Å². The summed E-state index contributed by atoms with van der Waals surface area (Å²) in [5.74, 6) is 0. The van der Waals surface area contributed by atoms with E-state index < -0.39 is 0 Å². The first-order chi connectivity index (χ1) is 7.78. The Hall–Kier alpha value is -1.25. The van der Waals surface area contributed by atoms with E-state index in [2.05, 4.69) is 0 Å². The monoisotopic (exact) mass is 248 g/mol. The molecule has 0 aliphatic heterocycles. The van der Waals surface area contributed by atoms with Crippen molar-refractivity contribution in [3.8, 4) is 0 Å². The van der Waals surface area contributed by atoms with Gasteiger partial charge in [-0.15, -0.1) is 0 Å². The minimum Gasteiger partial charge on any atom is -0.298 e. The van der Waals surface area contributed by atoms with Crippen molar-refractivity contribution in [3.63, 3.8) is 0 Å². The summed E-state index contributed by atoms with van der Waals surface area (Å²) < 4.78 is 0. The van der Waals surface area contributed by atoms with Crippen LogP contribution in [0.1, 0.15) is 10.4 Å². The lowest BCUT2D eigenvalue weighted by Gasteiger charge is -2.02. The largest absolute Gasteiger partial charge is 0.298 e. The van der Waals surface area contributed by atoms with Crippen LogP contribution in [0.3, 0.4) is 0 Å². The van der Waals surface area contributed by atoms with Crippen LogP contribution in [-0.2, 0) is 0 Å². The normalized spacial score (nSPS) is 10.1. The third-order valence-electron chi connectivity index (χ3n) is 2.05. The van der Waals surface area contributed by atoms with Gasteiger partial charge in [0.15, 0.2) is 0 Å². The van der Waals surface area contributed by atoms with Gasteiger partial charge in [-0.3, -0.25) is 4.79 Å². The van der Waals surface area contributed by atoms with Gasteiger partial charge in [0, 0.05) is 20.4 Å². The molecule has 0 N–H and O–H groups in total. The van der Waals surface area contributed by atoms with Gasteiger partial charge in [-0.2, -0.15) is 0 Å². The van der Waals surface area contributed by atoms with Crippen molar-refractivity contribution < 1.29 is 4.79 Å². The zero-order valence-electron chi connectivity index (χ0n) is 8.39. The maximum Gasteiger partial charge on any atom is 0.150 e. The molecule has 0 bridgehead atoms. The first kappa shape index (κ1) is 11.2. The fourth-order valence-electron chi connectivity index (χ4n) is 1.28. The summed E-state index contributed by atoms with van der Waals surface area (Å²) in [4.78, 5) is 12.7. The Bertz CT molecular complexity index is 494. The average molecular weight is 249 g/mol. The summed E-state index contributed by atoms with van der Waals surface area (Å²) in [7, 11) is 0. The molecule has 2 aromatic carbocycles. The number of benzene rings is 2. The third kappa shape index (κ3) is 2.87. The van der Waals surface area contributed by atoms with Crippen LogP contribution >= 0.6 is 23.4 Å². The quantitative estimate of drug-likeness (QED) is 0.754. The number of aldehydes is 1. The van der Waals surface area contributed by atoms with Crippen LogP contribution in [0.25, 0.3) is 0 Å². The minimum atomic E-state index is 0.690. The van der Waals surface area contributed by atoms with Crippen LogP contribution in [0.5, 0.6) is 0 Å². The van der Waals surface area contributed by atoms with Crippen LogP contribution in [-0.4, -0.2) is 6.29 Å². The Morgan fingerprint density at radius 1 is 1.00 bits per heavy atom. The van der Waals surface area contributed by atoms with E-state index in [0.717, 1.165) is 21.1 Å². The standard InChI is InChI=1S/C13H9ClOS/c14-11-2-1-3-13(8-11)16-12-6-4-10(9-15)5-7-12/h1-9H. The molecule has 1 nitrogen and oxygen atoms in total. The van der Waals surface area contributed by atoms with E-state index in [-0.39, 0.29) is 0 Å². The average Bonchev–Trinajstić information content (AvgIpc) is 2.30. The predicted molar refractivity (Wildman–Crippen MR) is 67.4 cm³/mol. The second-order valence-corrected chi connectivity index (χ2v) is 4.83. The predicted octanol–water partition coefficient (Wildman–Crippen LogP) is 4.30. The molecule has 0 atom stereocenters. The molecule has 80 valence electrons. The van der Waals surface area contributed by atoms with E-state index in [9.17, 15) is 4.79 Å². The highest BCUT2D eigenvalue weighted by Crippen LogP contribution is 2.29. The third-order valence-corrected chi connectivity index (χ3v) is 3.28. The van der Waals surface area contributed by atoms with E-state index >= 15 is 0 Å². The van der Waals surface area contributed by atoms with Crippen LogP contribution < -0.4 is 0 Å². The van der Waals surface area contributed by atoms with Gasteiger partial charge in [-0.1, -0.05) is 41.6 Å². The molecule has 0 radical (unpaired) electrons. The van der Waals surface area contributed by atoms with Crippen molar-refractivity contribution in [2.45, 2.75) is 9.79 Å². The molecule has 0 heterocycles. The summed E-state index contributed by atoms with van der Waals surface area (Å²) in [6.45, 7) is 0. The van der Waals surface area contributed by atoms with Crippen molar-refractivity contribution in [3.05, 3.63) is 59.1 Å². The molecule has 0 aliphatic carbocycles. The molecule has 0 saturated heterocycles. The van der Waals surface area contributed by atoms with Gasteiger partial charge in [0.2, 0.25) is 0 Å². The Morgan fingerprint density at radius 2 is 1.75 bits per heavy atom. The molecule has 0 fully saturated rings. The van der Waals surface area contributed by atoms with Gasteiger partial charge < -0.3 is 0 Å². The molecular formula is C13H9ClOS. The van der Waals surface area contributed by atoms with Crippen molar-refractivity contribution in [2.24, 2.45) is 0 Å². The van der Waals surface area contributed by atoms with Crippen molar-refractivity contribution in [2.75, 3.05) is 0 Å². The molecule has 0 aromatic heterocycles. The van der Waals surface area contributed by atoms with E-state index in [1.807, 2.05) is 36.4 Å². The Labute approximate surface area is 103 Å². The second-order valence-electron chi connectivity index (χ2n) is 3.25. The van der Waals surface area contributed by atoms with Gasteiger partial charge in [-0.05, 0) is 30.3 Å². The topological polar surface area (TPSA) is 17.1 Å². The lowest BCUT2D eigenvalue weighted by molar-refractivity contribution is 0.112. The van der Waals surface area contributed by atoms with E-state index in [0.29, 0.717) is 5.56 Å². The van der Waals surface area contributed by atoms with Gasteiger partial charge in [0.05, 0.1) is 0 Å². The van der Waals surface area contributed by atoms with Crippen molar-refractivity contribution in [1.82, 2.24) is 0 Å². The Balaban J connectivity index is 2.17. The SMILES string of the molecule is O=Cc1ccc(Sc2cccc(Cl)c2)cc1. The van der Waals surface area contributed by atoms with Gasteiger partial charge in [0.25, 0.3) is 0 Å². The summed E-state index contributed by atoms with van der Waals surface area (Å²) in [5, 5.41) is 0.731. The van der Waals surface area contributed by atoms with Crippen LogP contribution in [0.2, 0.25) is 5.02 Å². The van der Waals surface area contributed by atoms with Crippen molar-refractivity contribution >= 4 is 29.6 Å². The van der Waals surface area contributed by atoms with Crippen LogP contribution in [0, 0.1) is 0 Å². The first-order valence-corrected chi connectivity index (χ1v) is 5.96. The lowest BCUT2D eigenvalue weighted by Crippen LogP contribution is -1.78. The van der Waals surface area contributed by atoms with E-state index in [1.165, 1.54) is 0 Å². The molecule has 0 unspecified atom stereocenters. The molecule has 0 spiro atoms. The summed E-state index contributed by atoms with van der Waals surface area (Å²) >= 11 is 7.52. The maximum absolute atomic E-state index is 10.5. The number of halogens is 1. The number of carbonyl (C=O) groups excluding carboxylic acids is 1. The summed E-state index contributed by atoms with van der Waals surface area (Å²) in [6, 6.07) is 15.2. The summed E-state index contributed by atoms with van der Waals surface area (Å²) in [6.07, 6.45) is 0.841. The van der Waals surface area contributed by atoms with Crippen LogP contribution in [0.15, 0.2) is 58.3 Å². The zero-order valence-corrected chi connectivity index (χ0v) is 9.96. The highest BCUT2D eigenvalue weighted by atomic mass is 35.5. The van der Waals surface area contributed by atoms with E-state index in [1.54, 1.807) is 23.9 Å². The van der Waals surface area contributed by atoms with E-state index in [4.69, 9.17) is 11.6 Å². The smallest absolute Gasteiger partial charge is 0.150 e. The van der Waals surface area contributed by atoms with Crippen molar-refractivity contribution in [1.29, 1.82) is 0 Å². The fourth-order valence-corrected chi connectivity index (χ4v) is 2.41. The zero-order chi connectivity index (χ0) is 11.4. The van der Waals surface area contributed by atoms with Crippen LogP contribution in [0.4, 0.5) is 0 Å². The molecule has 16 heavy (non-hydrogen) atoms. The Morgan fingerprint density at radius 3 is 2.38 bits per heavy atom. The Kier molecular flexibility index (Phi) is 3.65. The molecule has 0 aliphatic rings. The van der Waals surface area contributed by atoms with Gasteiger partial charge in [0.1, 0.15) is 6.29 Å². The highest BCUT2D eigenvalue weighted by Gasteiger charge is 1.98. The lowest BCUT2D eigenvalue weighted by atomic mass is 10.2. The summed E-state index contributed by atoms with van der Waals surface area (Å²) in [5.41, 5.74) is 0.690. The maximum atomic E-state index is 10.5. The number of hydrogen-bond donors (Lipinski definition) is 0. The molecule has 2 aromatic rings. The molecule has 3 heteroatoms. The molecule has 2 rings (SSSR count).